The molecule has 0 amide bonds. The Morgan fingerprint density at radius 2 is 2.12 bits per heavy atom. The number of H-pyrrole nitrogens is 1. The molecule has 4 rings (SSSR count). The Balaban J connectivity index is 1.45. The van der Waals surface area contributed by atoms with E-state index in [1.54, 1.807) is 0 Å². The first-order valence-corrected chi connectivity index (χ1v) is 9.16. The number of nitrogens with zero attached hydrogens (tertiary/aromatic N) is 5. The highest BCUT2D eigenvalue weighted by Crippen LogP contribution is 2.21. The Hall–Kier alpha value is -2.32. The van der Waals surface area contributed by atoms with Gasteiger partial charge in [-0.1, -0.05) is 0 Å². The lowest BCUT2D eigenvalue weighted by Crippen LogP contribution is -2.39. The van der Waals surface area contributed by atoms with Gasteiger partial charge in [-0.3, -0.25) is 9.69 Å². The lowest BCUT2D eigenvalue weighted by molar-refractivity contribution is -0.0377. The number of hydrogen-bond donors (Lipinski definition) is 1. The van der Waals surface area contributed by atoms with Crippen LogP contribution in [0.15, 0.2) is 23.1 Å². The van der Waals surface area contributed by atoms with Gasteiger partial charge in [-0.05, 0) is 25.8 Å². The van der Waals surface area contributed by atoms with E-state index in [4.69, 9.17) is 9.72 Å². The third-order valence-electron chi connectivity index (χ3n) is 4.82. The lowest BCUT2D eigenvalue weighted by Gasteiger charge is -2.32. The van der Waals surface area contributed by atoms with Crippen molar-refractivity contribution < 1.29 is 4.74 Å². The quantitative estimate of drug-likeness (QED) is 0.876. The predicted octanol–water partition coefficient (Wildman–Crippen LogP) is 1.04. The van der Waals surface area contributed by atoms with E-state index in [1.807, 2.05) is 19.2 Å². The molecule has 4 heterocycles. The highest BCUT2D eigenvalue weighted by Gasteiger charge is 2.25. The maximum absolute atomic E-state index is 11.7. The molecular weight excluding hydrogens is 332 g/mol. The zero-order valence-electron chi connectivity index (χ0n) is 15.0. The number of morpholine rings is 1. The lowest BCUT2D eigenvalue weighted by atomic mass is 10.2. The smallest absolute Gasteiger partial charge is 0.251 e. The zero-order chi connectivity index (χ0) is 17.9. The van der Waals surface area contributed by atoms with Crippen molar-refractivity contribution in [3.05, 3.63) is 45.9 Å². The third kappa shape index (κ3) is 3.91. The minimum atomic E-state index is -0.226. The van der Waals surface area contributed by atoms with Crippen LogP contribution in [0.4, 0.5) is 5.95 Å². The van der Waals surface area contributed by atoms with Gasteiger partial charge in [0.25, 0.3) is 5.56 Å². The van der Waals surface area contributed by atoms with Gasteiger partial charge in [0.15, 0.2) is 0 Å². The fourth-order valence-electron chi connectivity index (χ4n) is 3.54. The Kier molecular flexibility index (Phi) is 4.94. The summed E-state index contributed by atoms with van der Waals surface area (Å²) < 4.78 is 5.83. The molecule has 8 nitrogen and oxygen atoms in total. The molecule has 2 aliphatic rings. The molecule has 0 aliphatic carbocycles. The molecule has 2 aromatic heterocycles. The van der Waals surface area contributed by atoms with Gasteiger partial charge in [0.2, 0.25) is 5.95 Å². The summed E-state index contributed by atoms with van der Waals surface area (Å²) in [6.45, 7) is 6.74. The topological polar surface area (TPSA) is 87.2 Å². The molecule has 2 aliphatic heterocycles. The Bertz CT molecular complexity index is 817. The van der Waals surface area contributed by atoms with Crippen molar-refractivity contribution in [1.29, 1.82) is 0 Å². The second-order valence-corrected chi connectivity index (χ2v) is 6.91. The molecule has 0 saturated carbocycles. The Labute approximate surface area is 152 Å². The van der Waals surface area contributed by atoms with Crippen LogP contribution in [0.1, 0.15) is 36.2 Å². The molecule has 1 N–H and O–H groups in total. The van der Waals surface area contributed by atoms with Crippen LogP contribution in [-0.4, -0.2) is 57.6 Å². The minimum absolute atomic E-state index is 0.140. The maximum atomic E-state index is 11.7. The summed E-state index contributed by atoms with van der Waals surface area (Å²) >= 11 is 0. The first-order chi connectivity index (χ1) is 12.7. The van der Waals surface area contributed by atoms with E-state index >= 15 is 0 Å². The standard InChI is InChI=1S/C18H24N6O2/c1-13-10-16(25)22-17(20-13)15-12-23(8-9-26-15)11-14-4-5-19-18(21-14)24-6-2-3-7-24/h4-5,10,15H,2-3,6-9,11-12H2,1H3,(H,20,22,25). The second kappa shape index (κ2) is 7.51. The first-order valence-electron chi connectivity index (χ1n) is 9.16. The minimum Gasteiger partial charge on any atom is -0.368 e. The van der Waals surface area contributed by atoms with E-state index in [0.29, 0.717) is 24.7 Å². The second-order valence-electron chi connectivity index (χ2n) is 6.91. The van der Waals surface area contributed by atoms with Crippen molar-refractivity contribution in [2.75, 3.05) is 37.7 Å². The van der Waals surface area contributed by atoms with Crippen LogP contribution in [0.3, 0.4) is 0 Å². The summed E-state index contributed by atoms with van der Waals surface area (Å²) in [7, 11) is 0. The molecule has 1 unspecified atom stereocenters. The van der Waals surface area contributed by atoms with E-state index < -0.39 is 0 Å². The summed E-state index contributed by atoms with van der Waals surface area (Å²) in [5, 5.41) is 0. The van der Waals surface area contributed by atoms with Gasteiger partial charge in [-0.25, -0.2) is 15.0 Å². The van der Waals surface area contributed by atoms with Gasteiger partial charge >= 0.3 is 0 Å². The fraction of sp³-hybridized carbons (Fsp3) is 0.556. The van der Waals surface area contributed by atoms with E-state index in [9.17, 15) is 4.79 Å². The van der Waals surface area contributed by atoms with Crippen molar-refractivity contribution in [3.63, 3.8) is 0 Å². The molecular formula is C18H24N6O2. The number of ether oxygens (including phenoxy) is 1. The van der Waals surface area contributed by atoms with E-state index in [1.165, 1.54) is 18.9 Å². The van der Waals surface area contributed by atoms with Gasteiger partial charge < -0.3 is 14.6 Å². The molecule has 26 heavy (non-hydrogen) atoms. The molecule has 2 fully saturated rings. The van der Waals surface area contributed by atoms with Gasteiger partial charge in [0.1, 0.15) is 11.9 Å². The number of rotatable bonds is 4. The van der Waals surface area contributed by atoms with Crippen LogP contribution >= 0.6 is 0 Å². The maximum Gasteiger partial charge on any atom is 0.251 e. The van der Waals surface area contributed by atoms with Crippen molar-refractivity contribution in [3.8, 4) is 0 Å². The summed E-state index contributed by atoms with van der Waals surface area (Å²) in [5.41, 5.74) is 1.57. The largest absolute Gasteiger partial charge is 0.368 e. The SMILES string of the molecule is Cc1cc(=O)[nH]c(C2CN(Cc3ccnc(N4CCCC4)n3)CCO2)n1. The summed E-state index contributed by atoms with van der Waals surface area (Å²) in [6, 6.07) is 3.46. The molecule has 138 valence electrons. The molecule has 0 radical (unpaired) electrons. The number of aromatic amines is 1. The number of aromatic nitrogens is 4. The Morgan fingerprint density at radius 3 is 2.92 bits per heavy atom. The van der Waals surface area contributed by atoms with Gasteiger partial charge in [0, 0.05) is 50.7 Å². The van der Waals surface area contributed by atoms with Gasteiger partial charge in [0.05, 0.1) is 12.3 Å². The summed E-state index contributed by atoms with van der Waals surface area (Å²) in [4.78, 5) is 32.6. The summed E-state index contributed by atoms with van der Waals surface area (Å²) in [6.07, 6.45) is 4.03. The number of anilines is 1. The third-order valence-corrected chi connectivity index (χ3v) is 4.82. The molecule has 0 spiro atoms. The fourth-order valence-corrected chi connectivity index (χ4v) is 3.54. The monoisotopic (exact) mass is 356 g/mol. The van der Waals surface area contributed by atoms with E-state index in [0.717, 1.165) is 37.8 Å². The number of hydrogen-bond acceptors (Lipinski definition) is 7. The van der Waals surface area contributed by atoms with Crippen LogP contribution in [0, 0.1) is 6.92 Å². The Morgan fingerprint density at radius 1 is 1.27 bits per heavy atom. The van der Waals surface area contributed by atoms with E-state index in [-0.39, 0.29) is 11.7 Å². The molecule has 2 saturated heterocycles. The van der Waals surface area contributed by atoms with Crippen LogP contribution in [0.5, 0.6) is 0 Å². The van der Waals surface area contributed by atoms with Crippen LogP contribution < -0.4 is 10.5 Å². The average Bonchev–Trinajstić information content (AvgIpc) is 3.16. The van der Waals surface area contributed by atoms with Crippen LogP contribution in [-0.2, 0) is 11.3 Å². The highest BCUT2D eigenvalue weighted by atomic mass is 16.5. The van der Waals surface area contributed by atoms with Crippen molar-refractivity contribution in [2.24, 2.45) is 0 Å². The molecule has 0 aromatic carbocycles. The first kappa shape index (κ1) is 17.1. The van der Waals surface area contributed by atoms with Crippen molar-refractivity contribution >= 4 is 5.95 Å². The molecule has 8 heteroatoms. The van der Waals surface area contributed by atoms with Crippen LogP contribution in [0.25, 0.3) is 0 Å². The normalized spacial score (nSPS) is 21.3. The average molecular weight is 356 g/mol. The number of aryl methyl sites for hydroxylation is 1. The molecule has 2 aromatic rings. The highest BCUT2D eigenvalue weighted by molar-refractivity contribution is 5.31. The van der Waals surface area contributed by atoms with Crippen LogP contribution in [0.2, 0.25) is 0 Å². The van der Waals surface area contributed by atoms with Gasteiger partial charge in [-0.15, -0.1) is 0 Å². The zero-order valence-corrected chi connectivity index (χ0v) is 15.0. The molecule has 0 bridgehead atoms. The summed E-state index contributed by atoms with van der Waals surface area (Å²) in [5.74, 6) is 1.43. The van der Waals surface area contributed by atoms with Gasteiger partial charge in [-0.2, -0.15) is 0 Å². The van der Waals surface area contributed by atoms with Crippen molar-refractivity contribution in [2.45, 2.75) is 32.4 Å². The van der Waals surface area contributed by atoms with Crippen molar-refractivity contribution in [1.82, 2.24) is 24.8 Å². The number of nitrogens with one attached hydrogen (secondary N) is 1. The van der Waals surface area contributed by atoms with E-state index in [2.05, 4.69) is 24.8 Å². The predicted molar refractivity (Wildman–Crippen MR) is 97.0 cm³/mol. The molecule has 1 atom stereocenters.